The molecule has 5 nitrogen and oxygen atoms in total. The van der Waals surface area contributed by atoms with Gasteiger partial charge in [0, 0.05) is 0 Å². The van der Waals surface area contributed by atoms with Crippen LogP contribution in [0.1, 0.15) is 19.0 Å². The fraction of sp³-hybridized carbons (Fsp3) is 0.529. The van der Waals surface area contributed by atoms with Gasteiger partial charge in [0.15, 0.2) is 0 Å². The van der Waals surface area contributed by atoms with Gasteiger partial charge in [-0.3, -0.25) is 0 Å². The second kappa shape index (κ2) is 2.66. The summed E-state index contributed by atoms with van der Waals surface area (Å²) in [5.74, 6) is 3.73. The standard InChI is InChI=1S/C17H15N3O2/c1-17-11-9-8-10(11)14(17)20-16(22)18(7-5-3-2-4-6-7)15(21)19(20)13(8)12(9)17/h2-6,8-14H,1H3/t8-,9+,10-,11-,12+,13-,14-,17-/m0/s1. The van der Waals surface area contributed by atoms with Crippen molar-refractivity contribution in [2.45, 2.75) is 19.0 Å². The Hall–Kier alpha value is -2.04. The molecule has 4 aliphatic carbocycles. The molecule has 1 aromatic heterocycles. The Kier molecular flexibility index (Phi) is 1.29. The molecule has 8 atom stereocenters. The predicted octanol–water partition coefficient (Wildman–Crippen LogP) is 1.04. The zero-order valence-corrected chi connectivity index (χ0v) is 12.1. The third kappa shape index (κ3) is 0.668. The number of rotatable bonds is 1. The van der Waals surface area contributed by atoms with E-state index in [2.05, 4.69) is 6.92 Å². The summed E-state index contributed by atoms with van der Waals surface area (Å²) in [7, 11) is 0. The van der Waals surface area contributed by atoms with E-state index in [0.717, 1.165) is 11.8 Å². The van der Waals surface area contributed by atoms with Crippen LogP contribution in [0.3, 0.4) is 0 Å². The molecule has 4 saturated carbocycles. The summed E-state index contributed by atoms with van der Waals surface area (Å²) in [6.45, 7) is 2.35. The van der Waals surface area contributed by atoms with Crippen LogP contribution in [0, 0.1) is 35.0 Å². The van der Waals surface area contributed by atoms with Gasteiger partial charge >= 0.3 is 11.4 Å². The Morgan fingerprint density at radius 2 is 1.64 bits per heavy atom. The van der Waals surface area contributed by atoms with E-state index >= 15 is 0 Å². The van der Waals surface area contributed by atoms with Crippen molar-refractivity contribution in [3.05, 3.63) is 51.3 Å². The van der Waals surface area contributed by atoms with Crippen molar-refractivity contribution in [2.24, 2.45) is 35.0 Å². The van der Waals surface area contributed by atoms with Crippen LogP contribution < -0.4 is 11.4 Å². The summed E-state index contributed by atoms with van der Waals surface area (Å²) in [5.41, 5.74) is 0.707. The zero-order chi connectivity index (χ0) is 14.5. The van der Waals surface area contributed by atoms with Crippen LogP contribution >= 0.6 is 0 Å². The number of hydrogen-bond acceptors (Lipinski definition) is 2. The Bertz CT molecular complexity index is 999. The van der Waals surface area contributed by atoms with E-state index < -0.39 is 0 Å². The molecular weight excluding hydrogens is 278 g/mol. The third-order valence-corrected chi connectivity index (χ3v) is 7.90. The Balaban J connectivity index is 1.57. The van der Waals surface area contributed by atoms with E-state index in [9.17, 15) is 9.59 Å². The fourth-order valence-electron chi connectivity index (χ4n) is 7.43. The smallest absolute Gasteiger partial charge is 0.245 e. The summed E-state index contributed by atoms with van der Waals surface area (Å²) in [6.07, 6.45) is 0. The lowest BCUT2D eigenvalue weighted by Gasteiger charge is -2.96. The van der Waals surface area contributed by atoms with Gasteiger partial charge in [0.25, 0.3) is 0 Å². The number of nitrogens with zero attached hydrogens (tertiary/aromatic N) is 3. The fourth-order valence-corrected chi connectivity index (χ4v) is 7.43. The molecule has 2 aliphatic heterocycles. The van der Waals surface area contributed by atoms with Gasteiger partial charge in [-0.15, -0.1) is 0 Å². The Morgan fingerprint density at radius 3 is 2.36 bits per heavy atom. The first-order chi connectivity index (χ1) is 10.7. The highest BCUT2D eigenvalue weighted by atomic mass is 16.2. The molecule has 0 saturated heterocycles. The first-order valence-electron chi connectivity index (χ1n) is 8.19. The first-order valence-corrected chi connectivity index (χ1v) is 8.19. The lowest BCUT2D eigenvalue weighted by molar-refractivity contribution is -0.496. The minimum absolute atomic E-state index is 0.138. The molecule has 4 fully saturated rings. The maximum Gasteiger partial charge on any atom is 0.352 e. The molecule has 0 spiro atoms. The van der Waals surface area contributed by atoms with E-state index in [4.69, 9.17) is 0 Å². The third-order valence-electron chi connectivity index (χ3n) is 7.90. The second-order valence-corrected chi connectivity index (χ2v) is 8.01. The molecule has 0 radical (unpaired) electrons. The highest BCUT2D eigenvalue weighted by Crippen LogP contribution is 2.96. The van der Waals surface area contributed by atoms with Gasteiger partial charge in [0.1, 0.15) is 0 Å². The van der Waals surface area contributed by atoms with E-state index in [-0.39, 0.29) is 17.4 Å². The van der Waals surface area contributed by atoms with Crippen LogP contribution in [0.15, 0.2) is 39.9 Å². The lowest BCUT2D eigenvalue weighted by Crippen LogP contribution is -2.95. The highest BCUT2D eigenvalue weighted by Gasteiger charge is 2.95. The van der Waals surface area contributed by atoms with Crippen LogP contribution in [0.25, 0.3) is 5.69 Å². The summed E-state index contributed by atoms with van der Waals surface area (Å²) in [4.78, 5) is 25.9. The Labute approximate surface area is 125 Å². The van der Waals surface area contributed by atoms with Crippen molar-refractivity contribution < 1.29 is 0 Å². The minimum Gasteiger partial charge on any atom is -0.245 e. The molecule has 22 heavy (non-hydrogen) atoms. The molecule has 2 aromatic rings. The average molecular weight is 293 g/mol. The largest absolute Gasteiger partial charge is 0.352 e. The highest BCUT2D eigenvalue weighted by molar-refractivity contribution is 5.42. The summed E-state index contributed by atoms with van der Waals surface area (Å²) < 4.78 is 5.01. The maximum absolute atomic E-state index is 13.0. The summed E-state index contributed by atoms with van der Waals surface area (Å²) in [5, 5.41) is 0. The summed E-state index contributed by atoms with van der Waals surface area (Å²) in [6, 6.07) is 9.89. The van der Waals surface area contributed by atoms with E-state index in [0.29, 0.717) is 34.9 Å². The molecule has 1 aromatic carbocycles. The molecule has 5 heteroatoms. The van der Waals surface area contributed by atoms with Crippen molar-refractivity contribution >= 4 is 0 Å². The molecule has 0 unspecified atom stereocenters. The predicted molar refractivity (Wildman–Crippen MR) is 77.9 cm³/mol. The average Bonchev–Trinajstić information content (AvgIpc) is 2.72. The van der Waals surface area contributed by atoms with Crippen LogP contribution in [0.2, 0.25) is 0 Å². The number of benzene rings is 1. The second-order valence-electron chi connectivity index (χ2n) is 8.01. The van der Waals surface area contributed by atoms with Crippen molar-refractivity contribution in [3.63, 3.8) is 0 Å². The first kappa shape index (κ1) is 10.6. The van der Waals surface area contributed by atoms with E-state index in [1.165, 1.54) is 4.57 Å². The number of aromatic nitrogens is 3. The van der Waals surface area contributed by atoms with Crippen molar-refractivity contribution in [1.82, 2.24) is 13.9 Å². The van der Waals surface area contributed by atoms with Gasteiger partial charge in [-0.05, 0) is 47.1 Å². The molecule has 8 rings (SSSR count). The van der Waals surface area contributed by atoms with Gasteiger partial charge in [0.2, 0.25) is 0 Å². The molecule has 0 amide bonds. The molecule has 0 N–H and O–H groups in total. The zero-order valence-electron chi connectivity index (χ0n) is 12.1. The maximum atomic E-state index is 13.0. The van der Waals surface area contributed by atoms with Crippen molar-refractivity contribution in [1.29, 1.82) is 0 Å². The van der Waals surface area contributed by atoms with E-state index in [1.807, 2.05) is 39.7 Å². The molecule has 3 heterocycles. The topological polar surface area (TPSA) is 48.9 Å². The van der Waals surface area contributed by atoms with E-state index in [1.54, 1.807) is 0 Å². The summed E-state index contributed by atoms with van der Waals surface area (Å²) >= 11 is 0. The minimum atomic E-state index is -0.141. The van der Waals surface area contributed by atoms with Crippen molar-refractivity contribution in [3.8, 4) is 5.69 Å². The molecule has 110 valence electrons. The normalized spacial score (nSPS) is 50.1. The van der Waals surface area contributed by atoms with Crippen molar-refractivity contribution in [2.75, 3.05) is 0 Å². The quantitative estimate of drug-likeness (QED) is 0.789. The van der Waals surface area contributed by atoms with Gasteiger partial charge in [0.05, 0.1) is 17.8 Å². The SMILES string of the molecule is C[C@@]12[C@H]3[C@H]4[C@H]5[C@@H]3[C@@H]1n1c(=O)n(-c3ccccc3)c(=O)n1[C@@H]5[C@@H]42. The number of para-hydroxylation sites is 1. The monoisotopic (exact) mass is 293 g/mol. The molecule has 6 aliphatic rings. The lowest BCUT2D eigenvalue weighted by atomic mass is 9.11. The van der Waals surface area contributed by atoms with Gasteiger partial charge in [-0.1, -0.05) is 25.1 Å². The van der Waals surface area contributed by atoms with Crippen LogP contribution in [0.5, 0.6) is 0 Å². The van der Waals surface area contributed by atoms with Gasteiger partial charge in [-0.25, -0.2) is 23.5 Å². The van der Waals surface area contributed by atoms with Crippen LogP contribution in [-0.4, -0.2) is 13.9 Å². The Morgan fingerprint density at radius 1 is 0.909 bits per heavy atom. The molecule has 2 bridgehead atoms. The van der Waals surface area contributed by atoms with Crippen LogP contribution in [0.4, 0.5) is 0 Å². The van der Waals surface area contributed by atoms with Crippen LogP contribution in [-0.2, 0) is 0 Å². The van der Waals surface area contributed by atoms with Gasteiger partial charge in [-0.2, -0.15) is 0 Å². The number of hydrogen-bond donors (Lipinski definition) is 0. The van der Waals surface area contributed by atoms with Gasteiger partial charge < -0.3 is 0 Å². The molecular formula is C17H15N3O2.